The lowest BCUT2D eigenvalue weighted by Gasteiger charge is -2.14. The van der Waals surface area contributed by atoms with Crippen molar-refractivity contribution in [2.24, 2.45) is 5.73 Å². The Labute approximate surface area is 126 Å². The number of ether oxygens (including phenoxy) is 1. The number of nitrogens with two attached hydrogens (primary N) is 1. The second-order valence-electron chi connectivity index (χ2n) is 5.09. The van der Waals surface area contributed by atoms with E-state index in [9.17, 15) is 4.79 Å². The summed E-state index contributed by atoms with van der Waals surface area (Å²) in [6, 6.07) is 2.02. The van der Waals surface area contributed by atoms with Crippen LogP contribution in [0.25, 0.3) is 10.2 Å². The Balaban J connectivity index is 1.70. The number of nitrogens with zero attached hydrogens (tertiary/aromatic N) is 2. The smallest absolute Gasteiger partial charge is 0.246 e. The monoisotopic (exact) mass is 306 g/mol. The highest BCUT2D eigenvalue weighted by molar-refractivity contribution is 7.16. The van der Waals surface area contributed by atoms with E-state index < -0.39 is 6.10 Å². The number of aryl methyl sites for hydroxylation is 1. The number of fused-ring (bicyclic) bond motifs is 1. The minimum Gasteiger partial charge on any atom is -0.367 e. The van der Waals surface area contributed by atoms with E-state index in [4.69, 9.17) is 10.5 Å². The number of aromatic nitrogens is 2. The SMILES string of the molecule is CCc1nc(NCC2CCC(C(N)=O)O2)c2ccsc2n1. The van der Waals surface area contributed by atoms with Crippen LogP contribution in [0.15, 0.2) is 11.4 Å². The number of anilines is 1. The highest BCUT2D eigenvalue weighted by atomic mass is 32.1. The Kier molecular flexibility index (Phi) is 4.03. The van der Waals surface area contributed by atoms with Gasteiger partial charge in [0.25, 0.3) is 0 Å². The zero-order valence-electron chi connectivity index (χ0n) is 11.8. The summed E-state index contributed by atoms with van der Waals surface area (Å²) in [5.41, 5.74) is 5.26. The number of nitrogens with one attached hydrogen (secondary N) is 1. The van der Waals surface area contributed by atoms with Gasteiger partial charge in [-0.25, -0.2) is 9.97 Å². The van der Waals surface area contributed by atoms with E-state index in [-0.39, 0.29) is 12.0 Å². The lowest BCUT2D eigenvalue weighted by molar-refractivity contribution is -0.128. The molecular weight excluding hydrogens is 288 g/mol. The van der Waals surface area contributed by atoms with Gasteiger partial charge in [-0.05, 0) is 24.3 Å². The van der Waals surface area contributed by atoms with Crippen LogP contribution in [-0.2, 0) is 16.0 Å². The molecule has 0 aliphatic carbocycles. The summed E-state index contributed by atoms with van der Waals surface area (Å²) in [5, 5.41) is 6.37. The molecule has 2 unspecified atom stereocenters. The van der Waals surface area contributed by atoms with Crippen molar-refractivity contribution < 1.29 is 9.53 Å². The highest BCUT2D eigenvalue weighted by Crippen LogP contribution is 2.26. The van der Waals surface area contributed by atoms with Gasteiger partial charge < -0.3 is 15.8 Å². The molecule has 3 N–H and O–H groups in total. The minimum absolute atomic E-state index is 0.00349. The van der Waals surface area contributed by atoms with E-state index in [1.807, 2.05) is 18.4 Å². The maximum absolute atomic E-state index is 11.1. The van der Waals surface area contributed by atoms with Crippen LogP contribution >= 0.6 is 11.3 Å². The van der Waals surface area contributed by atoms with Gasteiger partial charge in [0.1, 0.15) is 22.6 Å². The molecule has 1 aliphatic rings. The van der Waals surface area contributed by atoms with Crippen LogP contribution in [0, 0.1) is 0 Å². The Morgan fingerprint density at radius 3 is 3.10 bits per heavy atom. The second kappa shape index (κ2) is 5.95. The predicted octanol–water partition coefficient (Wildman–Crippen LogP) is 1.70. The van der Waals surface area contributed by atoms with Crippen molar-refractivity contribution >= 4 is 33.3 Å². The first-order chi connectivity index (χ1) is 10.2. The van der Waals surface area contributed by atoms with Gasteiger partial charge in [-0.1, -0.05) is 6.92 Å². The van der Waals surface area contributed by atoms with Crippen LogP contribution in [0.3, 0.4) is 0 Å². The van der Waals surface area contributed by atoms with Gasteiger partial charge in [-0.15, -0.1) is 11.3 Å². The zero-order chi connectivity index (χ0) is 14.8. The number of rotatable bonds is 5. The fourth-order valence-electron chi connectivity index (χ4n) is 2.47. The van der Waals surface area contributed by atoms with Crippen molar-refractivity contribution in [2.75, 3.05) is 11.9 Å². The van der Waals surface area contributed by atoms with Crippen LogP contribution < -0.4 is 11.1 Å². The third-order valence-electron chi connectivity index (χ3n) is 3.61. The average molecular weight is 306 g/mol. The van der Waals surface area contributed by atoms with Gasteiger partial charge in [0.05, 0.1) is 11.5 Å². The van der Waals surface area contributed by atoms with E-state index in [0.29, 0.717) is 13.0 Å². The highest BCUT2D eigenvalue weighted by Gasteiger charge is 2.29. The molecule has 1 saturated heterocycles. The maximum atomic E-state index is 11.1. The Morgan fingerprint density at radius 2 is 2.38 bits per heavy atom. The van der Waals surface area contributed by atoms with Crippen molar-refractivity contribution in [1.82, 2.24) is 9.97 Å². The Hall–Kier alpha value is -1.73. The van der Waals surface area contributed by atoms with Gasteiger partial charge in [-0.2, -0.15) is 0 Å². The molecule has 0 aromatic carbocycles. The van der Waals surface area contributed by atoms with Gasteiger partial charge in [0, 0.05) is 13.0 Å². The molecule has 3 rings (SSSR count). The molecule has 0 bridgehead atoms. The summed E-state index contributed by atoms with van der Waals surface area (Å²) < 4.78 is 5.62. The Bertz CT molecular complexity index is 657. The number of amides is 1. The molecule has 1 aliphatic heterocycles. The summed E-state index contributed by atoms with van der Waals surface area (Å²) in [6.07, 6.45) is 1.87. The van der Waals surface area contributed by atoms with Gasteiger partial charge >= 0.3 is 0 Å². The van der Waals surface area contributed by atoms with Crippen LogP contribution in [0.5, 0.6) is 0 Å². The number of thiophene rings is 1. The normalized spacial score (nSPS) is 21.8. The van der Waals surface area contributed by atoms with Crippen LogP contribution in [-0.4, -0.2) is 34.6 Å². The number of carbonyl (C=O) groups excluding carboxylic acids is 1. The maximum Gasteiger partial charge on any atom is 0.246 e. The molecule has 1 fully saturated rings. The molecule has 21 heavy (non-hydrogen) atoms. The van der Waals surface area contributed by atoms with E-state index in [1.165, 1.54) is 0 Å². The van der Waals surface area contributed by atoms with E-state index in [1.54, 1.807) is 11.3 Å². The number of primary amides is 1. The lowest BCUT2D eigenvalue weighted by Crippen LogP contribution is -2.30. The third kappa shape index (κ3) is 2.98. The van der Waals surface area contributed by atoms with Crippen LogP contribution in [0.1, 0.15) is 25.6 Å². The van der Waals surface area contributed by atoms with E-state index in [2.05, 4.69) is 15.3 Å². The van der Waals surface area contributed by atoms with Crippen molar-refractivity contribution in [3.63, 3.8) is 0 Å². The van der Waals surface area contributed by atoms with Gasteiger partial charge in [-0.3, -0.25) is 4.79 Å². The number of carbonyl (C=O) groups is 1. The predicted molar refractivity (Wildman–Crippen MR) is 82.4 cm³/mol. The topological polar surface area (TPSA) is 90.1 Å². The molecule has 0 radical (unpaired) electrons. The fourth-order valence-corrected chi connectivity index (χ4v) is 3.25. The first kappa shape index (κ1) is 14.2. The molecule has 2 atom stereocenters. The molecule has 1 amide bonds. The quantitative estimate of drug-likeness (QED) is 0.877. The molecule has 2 aromatic rings. The van der Waals surface area contributed by atoms with Gasteiger partial charge in [0.15, 0.2) is 0 Å². The summed E-state index contributed by atoms with van der Waals surface area (Å²) in [7, 11) is 0. The van der Waals surface area contributed by atoms with Crippen molar-refractivity contribution in [1.29, 1.82) is 0 Å². The van der Waals surface area contributed by atoms with Gasteiger partial charge in [0.2, 0.25) is 5.91 Å². The van der Waals surface area contributed by atoms with Crippen molar-refractivity contribution in [2.45, 2.75) is 38.4 Å². The van der Waals surface area contributed by atoms with Crippen LogP contribution in [0.4, 0.5) is 5.82 Å². The standard InChI is InChI=1S/C14H18N4O2S/c1-2-11-17-13(9-5-6-21-14(9)18-11)16-7-8-3-4-10(20-8)12(15)19/h5-6,8,10H,2-4,7H2,1H3,(H2,15,19)(H,16,17,18). The largest absolute Gasteiger partial charge is 0.367 e. The molecule has 2 aromatic heterocycles. The Morgan fingerprint density at radius 1 is 1.52 bits per heavy atom. The summed E-state index contributed by atoms with van der Waals surface area (Å²) >= 11 is 1.61. The van der Waals surface area contributed by atoms with Crippen molar-refractivity contribution in [3.8, 4) is 0 Å². The minimum atomic E-state index is -0.449. The average Bonchev–Trinajstić information content (AvgIpc) is 3.13. The lowest BCUT2D eigenvalue weighted by atomic mass is 10.2. The molecule has 6 nitrogen and oxygen atoms in total. The fraction of sp³-hybridized carbons (Fsp3) is 0.500. The molecular formula is C14H18N4O2S. The van der Waals surface area contributed by atoms with E-state index >= 15 is 0 Å². The molecule has 7 heteroatoms. The first-order valence-electron chi connectivity index (χ1n) is 7.10. The third-order valence-corrected chi connectivity index (χ3v) is 4.42. The summed E-state index contributed by atoms with van der Waals surface area (Å²) in [4.78, 5) is 21.1. The van der Waals surface area contributed by atoms with Crippen molar-refractivity contribution in [3.05, 3.63) is 17.3 Å². The summed E-state index contributed by atoms with van der Waals surface area (Å²) in [6.45, 7) is 2.66. The molecule has 112 valence electrons. The summed E-state index contributed by atoms with van der Waals surface area (Å²) in [5.74, 6) is 1.28. The van der Waals surface area contributed by atoms with Crippen LogP contribution in [0.2, 0.25) is 0 Å². The second-order valence-corrected chi connectivity index (χ2v) is 5.98. The molecule has 0 spiro atoms. The first-order valence-corrected chi connectivity index (χ1v) is 7.98. The molecule has 3 heterocycles. The van der Waals surface area contributed by atoms with E-state index in [0.717, 1.165) is 34.7 Å². The zero-order valence-corrected chi connectivity index (χ0v) is 12.7. The number of hydrogen-bond donors (Lipinski definition) is 2. The molecule has 0 saturated carbocycles. The number of hydrogen-bond acceptors (Lipinski definition) is 6.